The third-order valence-corrected chi connectivity index (χ3v) is 5.37. The molecule has 0 aliphatic carbocycles. The van der Waals surface area contributed by atoms with E-state index in [0.717, 1.165) is 34.6 Å². The molecule has 4 rings (SSSR count). The molecular weight excluding hydrogens is 310 g/mol. The normalized spacial score (nSPS) is 17.7. The van der Waals surface area contributed by atoms with E-state index in [0.29, 0.717) is 5.69 Å². The Hall–Kier alpha value is -2.47. The van der Waals surface area contributed by atoms with Crippen LogP contribution in [0.3, 0.4) is 0 Å². The van der Waals surface area contributed by atoms with Gasteiger partial charge in [0, 0.05) is 12.6 Å². The lowest BCUT2D eigenvalue weighted by Crippen LogP contribution is -2.23. The second-order valence-electron chi connectivity index (χ2n) is 5.62. The Kier molecular flexibility index (Phi) is 3.46. The smallest absolute Gasteiger partial charge is 0.292 e. The molecule has 116 valence electrons. The maximum Gasteiger partial charge on any atom is 0.292 e. The largest absolute Gasteiger partial charge is 0.357 e. The van der Waals surface area contributed by atoms with Crippen molar-refractivity contribution in [1.29, 1.82) is 0 Å². The number of nitrogens with zero attached hydrogens (tertiary/aromatic N) is 3. The Balaban J connectivity index is 1.76. The predicted molar refractivity (Wildman–Crippen MR) is 92.0 cm³/mol. The Labute approximate surface area is 137 Å². The van der Waals surface area contributed by atoms with Crippen LogP contribution in [0.2, 0.25) is 0 Å². The van der Waals surface area contributed by atoms with Crippen molar-refractivity contribution in [1.82, 2.24) is 4.98 Å². The molecule has 1 aliphatic rings. The van der Waals surface area contributed by atoms with Crippen LogP contribution in [-0.2, 0) is 0 Å². The fourth-order valence-corrected chi connectivity index (χ4v) is 4.32. The van der Waals surface area contributed by atoms with Gasteiger partial charge >= 0.3 is 0 Å². The van der Waals surface area contributed by atoms with Crippen LogP contribution in [0.4, 0.5) is 11.4 Å². The number of fused-ring (bicyclic) bond motifs is 1. The Bertz CT molecular complexity index is 844. The second-order valence-corrected chi connectivity index (χ2v) is 6.68. The monoisotopic (exact) mass is 325 g/mol. The summed E-state index contributed by atoms with van der Waals surface area (Å²) in [7, 11) is 0. The summed E-state index contributed by atoms with van der Waals surface area (Å²) in [5, 5.41) is 12.4. The first-order chi connectivity index (χ1) is 11.2. The molecule has 1 aliphatic heterocycles. The van der Waals surface area contributed by atoms with Gasteiger partial charge in [-0.1, -0.05) is 24.3 Å². The van der Waals surface area contributed by atoms with Crippen LogP contribution in [0.5, 0.6) is 0 Å². The summed E-state index contributed by atoms with van der Waals surface area (Å²) < 4.78 is 1.16. The van der Waals surface area contributed by atoms with E-state index in [9.17, 15) is 10.1 Å². The van der Waals surface area contributed by atoms with Crippen molar-refractivity contribution >= 4 is 32.9 Å². The third-order valence-electron chi connectivity index (χ3n) is 4.24. The van der Waals surface area contributed by atoms with Gasteiger partial charge in [0.2, 0.25) is 0 Å². The van der Waals surface area contributed by atoms with Crippen molar-refractivity contribution in [3.63, 3.8) is 0 Å². The van der Waals surface area contributed by atoms with Gasteiger partial charge in [0.15, 0.2) is 0 Å². The first-order valence-electron chi connectivity index (χ1n) is 7.59. The molecule has 1 aromatic heterocycles. The topological polar surface area (TPSA) is 59.3 Å². The highest BCUT2D eigenvalue weighted by Gasteiger charge is 2.32. The van der Waals surface area contributed by atoms with Gasteiger partial charge in [-0.05, 0) is 31.0 Å². The highest BCUT2D eigenvalue weighted by Crippen LogP contribution is 2.42. The Morgan fingerprint density at radius 3 is 2.78 bits per heavy atom. The van der Waals surface area contributed by atoms with E-state index in [2.05, 4.69) is 11.0 Å². The zero-order valence-electron chi connectivity index (χ0n) is 12.4. The molecule has 23 heavy (non-hydrogen) atoms. The molecule has 0 radical (unpaired) electrons. The summed E-state index contributed by atoms with van der Waals surface area (Å²) in [6.45, 7) is 0.825. The fourth-order valence-electron chi connectivity index (χ4n) is 3.21. The van der Waals surface area contributed by atoms with Crippen molar-refractivity contribution in [3.05, 3.63) is 63.7 Å². The fraction of sp³-hybridized carbons (Fsp3) is 0.235. The van der Waals surface area contributed by atoms with Crippen LogP contribution >= 0.6 is 11.3 Å². The molecular formula is C17H15N3O2S. The third kappa shape index (κ3) is 2.45. The molecule has 5 nitrogen and oxygen atoms in total. The quantitative estimate of drug-likeness (QED) is 0.524. The van der Waals surface area contributed by atoms with E-state index in [1.165, 1.54) is 0 Å². The first kappa shape index (κ1) is 14.1. The molecule has 2 aromatic carbocycles. The van der Waals surface area contributed by atoms with Gasteiger partial charge in [-0.25, -0.2) is 4.98 Å². The van der Waals surface area contributed by atoms with Crippen LogP contribution in [0.15, 0.2) is 48.5 Å². The molecule has 1 atom stereocenters. The van der Waals surface area contributed by atoms with E-state index in [-0.39, 0.29) is 16.7 Å². The van der Waals surface area contributed by atoms with E-state index < -0.39 is 0 Å². The average molecular weight is 325 g/mol. The minimum atomic E-state index is -0.303. The van der Waals surface area contributed by atoms with Gasteiger partial charge in [-0.2, -0.15) is 0 Å². The van der Waals surface area contributed by atoms with E-state index >= 15 is 0 Å². The molecule has 1 fully saturated rings. The molecule has 0 bridgehead atoms. The Morgan fingerprint density at radius 2 is 1.96 bits per heavy atom. The van der Waals surface area contributed by atoms with Crippen LogP contribution in [-0.4, -0.2) is 16.5 Å². The van der Waals surface area contributed by atoms with E-state index in [1.807, 2.05) is 30.3 Å². The molecule has 1 unspecified atom stereocenters. The van der Waals surface area contributed by atoms with Crippen molar-refractivity contribution in [2.24, 2.45) is 0 Å². The highest BCUT2D eigenvalue weighted by molar-refractivity contribution is 7.18. The number of nitro groups is 1. The lowest BCUT2D eigenvalue weighted by molar-refractivity contribution is -0.384. The molecule has 0 N–H and O–H groups in total. The van der Waals surface area contributed by atoms with Gasteiger partial charge < -0.3 is 4.90 Å². The van der Waals surface area contributed by atoms with Crippen LogP contribution in [0.1, 0.15) is 23.9 Å². The number of aromatic nitrogens is 1. The lowest BCUT2D eigenvalue weighted by Gasteiger charge is -2.24. The van der Waals surface area contributed by atoms with Gasteiger partial charge in [-0.15, -0.1) is 11.3 Å². The van der Waals surface area contributed by atoms with E-state index in [1.54, 1.807) is 23.5 Å². The minimum Gasteiger partial charge on any atom is -0.357 e. The van der Waals surface area contributed by atoms with Crippen molar-refractivity contribution in [2.75, 3.05) is 11.4 Å². The standard InChI is InChI=1S/C17H15N3O2S/c21-20(22)14-8-3-2-7-13(14)19-11-5-9-15(19)17-18-12-6-1-4-10-16(12)23-17/h1-4,6-8,10,15H,5,9,11H2. The summed E-state index contributed by atoms with van der Waals surface area (Å²) in [4.78, 5) is 17.9. The summed E-state index contributed by atoms with van der Waals surface area (Å²) >= 11 is 1.68. The number of rotatable bonds is 3. The average Bonchev–Trinajstić information content (AvgIpc) is 3.21. The van der Waals surface area contributed by atoms with Gasteiger partial charge in [0.25, 0.3) is 5.69 Å². The zero-order chi connectivity index (χ0) is 15.8. The van der Waals surface area contributed by atoms with Crippen molar-refractivity contribution in [3.8, 4) is 0 Å². The first-order valence-corrected chi connectivity index (χ1v) is 8.41. The molecule has 3 aromatic rings. The molecule has 2 heterocycles. The molecule has 0 amide bonds. The number of hydrogen-bond acceptors (Lipinski definition) is 5. The second kappa shape index (κ2) is 5.62. The number of benzene rings is 2. The summed E-state index contributed by atoms with van der Waals surface area (Å²) in [6, 6.07) is 15.2. The van der Waals surface area contributed by atoms with Gasteiger partial charge in [0.1, 0.15) is 10.7 Å². The SMILES string of the molecule is O=[N+]([O-])c1ccccc1N1CCCC1c1nc2ccccc2s1. The molecule has 0 spiro atoms. The molecule has 6 heteroatoms. The lowest BCUT2D eigenvalue weighted by atomic mass is 10.2. The van der Waals surface area contributed by atoms with Crippen molar-refractivity contribution in [2.45, 2.75) is 18.9 Å². The maximum absolute atomic E-state index is 11.3. The molecule has 0 saturated carbocycles. The predicted octanol–water partition coefficient (Wildman–Crippen LogP) is 4.55. The zero-order valence-corrected chi connectivity index (χ0v) is 13.2. The van der Waals surface area contributed by atoms with Crippen LogP contribution in [0.25, 0.3) is 10.2 Å². The summed E-state index contributed by atoms with van der Waals surface area (Å²) in [6.07, 6.45) is 2.00. The number of thiazole rings is 1. The van der Waals surface area contributed by atoms with Crippen molar-refractivity contribution < 1.29 is 4.92 Å². The highest BCUT2D eigenvalue weighted by atomic mass is 32.1. The van der Waals surface area contributed by atoms with Crippen LogP contribution in [0, 0.1) is 10.1 Å². The Morgan fingerprint density at radius 1 is 1.17 bits per heavy atom. The maximum atomic E-state index is 11.3. The number of para-hydroxylation sites is 3. The van der Waals surface area contributed by atoms with Gasteiger partial charge in [0.05, 0.1) is 21.2 Å². The minimum absolute atomic E-state index is 0.119. The van der Waals surface area contributed by atoms with E-state index in [4.69, 9.17) is 4.98 Å². The number of hydrogen-bond donors (Lipinski definition) is 0. The molecule has 1 saturated heterocycles. The van der Waals surface area contributed by atoms with Gasteiger partial charge in [-0.3, -0.25) is 10.1 Å². The number of nitro benzene ring substituents is 1. The van der Waals surface area contributed by atoms with Crippen LogP contribution < -0.4 is 4.90 Å². The summed E-state index contributed by atoms with van der Waals surface area (Å²) in [5.41, 5.74) is 1.86. The summed E-state index contributed by atoms with van der Waals surface area (Å²) in [5.74, 6) is 0. The number of anilines is 1.